The van der Waals surface area contributed by atoms with Gasteiger partial charge >= 0.3 is 6.18 Å². The minimum Gasteiger partial charge on any atom is -0.378 e. The summed E-state index contributed by atoms with van der Waals surface area (Å²) in [6, 6.07) is 1.83. The van der Waals surface area contributed by atoms with Crippen LogP contribution in [0.2, 0.25) is 0 Å². The zero-order chi connectivity index (χ0) is 21.3. The number of morpholine rings is 1. The van der Waals surface area contributed by atoms with Crippen molar-refractivity contribution in [2.75, 3.05) is 38.3 Å². The van der Waals surface area contributed by atoms with Crippen molar-refractivity contribution in [3.05, 3.63) is 29.7 Å². The van der Waals surface area contributed by atoms with E-state index in [1.807, 2.05) is 29.8 Å². The lowest BCUT2D eigenvalue weighted by atomic mass is 10.3. The number of ether oxygens (including phenoxy) is 1. The number of rotatable bonds is 6. The SMILES string of the molecule is Cc1cc(CN(C)Cc2nc(N3CCOCC3)c3ncn(CC(F)(F)F)c3n2)no1. The number of nitrogens with zero attached hydrogens (tertiary/aromatic N) is 7. The van der Waals surface area contributed by atoms with Gasteiger partial charge in [-0.3, -0.25) is 4.90 Å². The summed E-state index contributed by atoms with van der Waals surface area (Å²) in [5, 5.41) is 3.97. The average Bonchev–Trinajstić information content (AvgIpc) is 3.26. The second-order valence-electron chi connectivity index (χ2n) is 7.32. The normalized spacial score (nSPS) is 15.5. The van der Waals surface area contributed by atoms with Crippen LogP contribution in [0.3, 0.4) is 0 Å². The highest BCUT2D eigenvalue weighted by Crippen LogP contribution is 2.26. The van der Waals surface area contributed by atoms with E-state index in [9.17, 15) is 13.2 Å². The van der Waals surface area contributed by atoms with Crippen molar-refractivity contribution < 1.29 is 22.4 Å². The molecule has 0 spiro atoms. The van der Waals surface area contributed by atoms with Crippen LogP contribution < -0.4 is 4.90 Å². The molecule has 0 amide bonds. The fourth-order valence-corrected chi connectivity index (χ4v) is 3.41. The number of hydrogen-bond acceptors (Lipinski definition) is 8. The van der Waals surface area contributed by atoms with Crippen molar-refractivity contribution >= 4 is 17.0 Å². The van der Waals surface area contributed by atoms with Gasteiger partial charge in [-0.05, 0) is 14.0 Å². The first kappa shape index (κ1) is 20.5. The summed E-state index contributed by atoms with van der Waals surface area (Å²) in [6.45, 7) is 3.70. The molecule has 1 aliphatic rings. The minimum atomic E-state index is -4.38. The van der Waals surface area contributed by atoms with E-state index in [0.717, 1.165) is 10.3 Å². The maximum Gasteiger partial charge on any atom is 0.406 e. The molecule has 162 valence electrons. The first-order chi connectivity index (χ1) is 14.3. The first-order valence-electron chi connectivity index (χ1n) is 9.50. The van der Waals surface area contributed by atoms with Gasteiger partial charge in [-0.25, -0.2) is 15.0 Å². The Morgan fingerprint density at radius 2 is 1.93 bits per heavy atom. The summed E-state index contributed by atoms with van der Waals surface area (Å²) in [5.74, 6) is 1.65. The molecule has 1 aliphatic heterocycles. The Morgan fingerprint density at radius 1 is 1.17 bits per heavy atom. The zero-order valence-electron chi connectivity index (χ0n) is 16.7. The highest BCUT2D eigenvalue weighted by atomic mass is 19.4. The molecule has 0 atom stereocenters. The molecule has 0 bridgehead atoms. The number of imidazole rings is 1. The van der Waals surface area contributed by atoms with Gasteiger partial charge < -0.3 is 18.7 Å². The molecule has 4 heterocycles. The monoisotopic (exact) mass is 425 g/mol. The summed E-state index contributed by atoms with van der Waals surface area (Å²) >= 11 is 0. The molecular weight excluding hydrogens is 403 g/mol. The highest BCUT2D eigenvalue weighted by Gasteiger charge is 2.30. The Hall–Kier alpha value is -2.73. The fraction of sp³-hybridized carbons (Fsp3) is 0.556. The molecule has 3 aromatic rings. The van der Waals surface area contributed by atoms with Crippen molar-refractivity contribution in [2.45, 2.75) is 32.7 Å². The predicted molar refractivity (Wildman–Crippen MR) is 101 cm³/mol. The molecule has 12 heteroatoms. The minimum absolute atomic E-state index is 0.171. The Balaban J connectivity index is 1.66. The van der Waals surface area contributed by atoms with Crippen LogP contribution >= 0.6 is 0 Å². The molecule has 30 heavy (non-hydrogen) atoms. The lowest BCUT2D eigenvalue weighted by molar-refractivity contribution is -0.140. The van der Waals surface area contributed by atoms with Crippen LogP contribution in [-0.4, -0.2) is 69.1 Å². The zero-order valence-corrected chi connectivity index (χ0v) is 16.7. The maximum atomic E-state index is 13.0. The van der Waals surface area contributed by atoms with Crippen molar-refractivity contribution in [1.82, 2.24) is 29.6 Å². The molecule has 1 fully saturated rings. The molecule has 0 radical (unpaired) electrons. The summed E-state index contributed by atoms with van der Waals surface area (Å²) < 4.78 is 50.5. The van der Waals surface area contributed by atoms with Crippen LogP contribution in [0, 0.1) is 6.92 Å². The van der Waals surface area contributed by atoms with Crippen LogP contribution in [0.5, 0.6) is 0 Å². The number of fused-ring (bicyclic) bond motifs is 1. The predicted octanol–water partition coefficient (Wildman–Crippen LogP) is 2.15. The van der Waals surface area contributed by atoms with Gasteiger partial charge in [-0.1, -0.05) is 5.16 Å². The quantitative estimate of drug-likeness (QED) is 0.594. The van der Waals surface area contributed by atoms with E-state index in [1.54, 1.807) is 0 Å². The van der Waals surface area contributed by atoms with Crippen LogP contribution in [0.4, 0.5) is 19.0 Å². The molecule has 9 nitrogen and oxygen atoms in total. The molecule has 0 aliphatic carbocycles. The van der Waals surface area contributed by atoms with Gasteiger partial charge in [-0.2, -0.15) is 13.2 Å². The lowest BCUT2D eigenvalue weighted by Gasteiger charge is -2.28. The molecule has 1 saturated heterocycles. The van der Waals surface area contributed by atoms with E-state index in [0.29, 0.717) is 62.3 Å². The second-order valence-corrected chi connectivity index (χ2v) is 7.32. The second kappa shape index (κ2) is 8.19. The molecule has 0 aromatic carbocycles. The summed E-state index contributed by atoms with van der Waals surface area (Å²) in [6.07, 6.45) is -3.21. The van der Waals surface area contributed by atoms with Crippen molar-refractivity contribution in [1.29, 1.82) is 0 Å². The summed E-state index contributed by atoms with van der Waals surface area (Å²) in [5.41, 5.74) is 1.29. The van der Waals surface area contributed by atoms with E-state index in [1.165, 1.54) is 6.33 Å². The third-order valence-electron chi connectivity index (χ3n) is 4.67. The number of halogens is 3. The Kier molecular flexibility index (Phi) is 5.60. The molecular formula is C18H22F3N7O2. The summed E-state index contributed by atoms with van der Waals surface area (Å²) in [7, 11) is 1.86. The van der Waals surface area contributed by atoms with Crippen LogP contribution in [-0.2, 0) is 24.4 Å². The number of alkyl halides is 3. The number of hydrogen-bond donors (Lipinski definition) is 0. The molecule has 0 saturated carbocycles. The molecule has 0 unspecified atom stereocenters. The standard InChI is InChI=1S/C18H22F3N7O2/c1-12-7-13(25-30-12)8-26(2)9-14-23-16(27-3-5-29-6-4-27)15-17(24-14)28(11-22-15)10-18(19,20)21/h7,11H,3-6,8-10H2,1-2H3. The third-order valence-corrected chi connectivity index (χ3v) is 4.67. The van der Waals surface area contributed by atoms with Crippen molar-refractivity contribution in [3.63, 3.8) is 0 Å². The third kappa shape index (κ3) is 4.70. The Morgan fingerprint density at radius 3 is 2.60 bits per heavy atom. The average molecular weight is 425 g/mol. The smallest absolute Gasteiger partial charge is 0.378 e. The number of anilines is 1. The fourth-order valence-electron chi connectivity index (χ4n) is 3.41. The topological polar surface area (TPSA) is 85.3 Å². The van der Waals surface area contributed by atoms with Crippen LogP contribution in [0.15, 0.2) is 16.9 Å². The van der Waals surface area contributed by atoms with E-state index < -0.39 is 12.7 Å². The van der Waals surface area contributed by atoms with E-state index in [-0.39, 0.29) is 5.65 Å². The van der Waals surface area contributed by atoms with Gasteiger partial charge in [0.1, 0.15) is 18.1 Å². The van der Waals surface area contributed by atoms with Crippen molar-refractivity contribution in [3.8, 4) is 0 Å². The van der Waals surface area contributed by atoms with Crippen LogP contribution in [0.1, 0.15) is 17.3 Å². The number of aromatic nitrogens is 5. The summed E-state index contributed by atoms with van der Waals surface area (Å²) in [4.78, 5) is 17.1. The van der Waals surface area contributed by atoms with E-state index in [2.05, 4.69) is 20.1 Å². The Labute approximate surface area is 170 Å². The Bertz CT molecular complexity index is 1010. The van der Waals surface area contributed by atoms with Gasteiger partial charge in [0, 0.05) is 25.7 Å². The first-order valence-corrected chi connectivity index (χ1v) is 9.50. The molecule has 0 N–H and O–H groups in total. The van der Waals surface area contributed by atoms with Crippen LogP contribution in [0.25, 0.3) is 11.2 Å². The van der Waals surface area contributed by atoms with Gasteiger partial charge in [0.15, 0.2) is 17.0 Å². The highest BCUT2D eigenvalue weighted by molar-refractivity contribution is 5.83. The lowest BCUT2D eigenvalue weighted by Crippen LogP contribution is -2.37. The van der Waals surface area contributed by atoms with Gasteiger partial charge in [0.2, 0.25) is 0 Å². The van der Waals surface area contributed by atoms with Gasteiger partial charge in [-0.15, -0.1) is 0 Å². The van der Waals surface area contributed by atoms with Gasteiger partial charge in [0.25, 0.3) is 0 Å². The maximum absolute atomic E-state index is 13.0. The molecule has 4 rings (SSSR count). The van der Waals surface area contributed by atoms with Crippen molar-refractivity contribution in [2.24, 2.45) is 0 Å². The van der Waals surface area contributed by atoms with E-state index in [4.69, 9.17) is 9.26 Å². The largest absolute Gasteiger partial charge is 0.406 e. The number of aryl methyl sites for hydroxylation is 1. The van der Waals surface area contributed by atoms with Gasteiger partial charge in [0.05, 0.1) is 31.8 Å². The molecule has 3 aromatic heterocycles. The van der Waals surface area contributed by atoms with E-state index >= 15 is 0 Å².